The standard InChI is InChI=1S/C28H34N2O5/c1-27(15-13-24(31)32)22-17-28(18-34-25(22)21-7-4-5-8-23(21)35-27)14-6-16-30(28)26(33)19-9-11-20(12-10-19)29(2)3/h4-5,7-12,22,25H,6,13-18H2,1-3H3,(H,31,32)/t22-,25+,27+,28+/m1/s1. The molecule has 0 radical (unpaired) electrons. The number of hydrogen-bond acceptors (Lipinski definition) is 5. The molecule has 0 bridgehead atoms. The van der Waals surface area contributed by atoms with Crippen LogP contribution in [0.1, 0.15) is 61.1 Å². The Morgan fingerprint density at radius 2 is 1.89 bits per heavy atom. The molecule has 3 aliphatic heterocycles. The van der Waals surface area contributed by atoms with Crippen LogP contribution in [0.3, 0.4) is 0 Å². The van der Waals surface area contributed by atoms with Crippen molar-refractivity contribution in [3.63, 3.8) is 0 Å². The van der Waals surface area contributed by atoms with Crippen LogP contribution in [-0.4, -0.2) is 60.3 Å². The Kier molecular flexibility index (Phi) is 5.99. The fourth-order valence-corrected chi connectivity index (χ4v) is 6.18. The zero-order valence-electron chi connectivity index (χ0n) is 20.7. The van der Waals surface area contributed by atoms with E-state index in [0.717, 1.165) is 36.3 Å². The first kappa shape index (κ1) is 23.7. The van der Waals surface area contributed by atoms with Crippen molar-refractivity contribution in [1.29, 1.82) is 0 Å². The molecule has 0 unspecified atom stereocenters. The molecule has 186 valence electrons. The number of para-hydroxylation sites is 1. The summed E-state index contributed by atoms with van der Waals surface area (Å²) < 4.78 is 13.1. The number of anilines is 1. The number of rotatable bonds is 5. The highest BCUT2D eigenvalue weighted by Crippen LogP contribution is 2.55. The lowest BCUT2D eigenvalue weighted by Crippen LogP contribution is -2.60. The second kappa shape index (κ2) is 8.86. The fraction of sp³-hybridized carbons (Fsp3) is 0.500. The lowest BCUT2D eigenvalue weighted by atomic mass is 9.68. The Hall–Kier alpha value is -3.06. The Morgan fingerprint density at radius 1 is 1.14 bits per heavy atom. The van der Waals surface area contributed by atoms with Gasteiger partial charge >= 0.3 is 5.97 Å². The second-order valence-electron chi connectivity index (χ2n) is 10.6. The summed E-state index contributed by atoms with van der Waals surface area (Å²) in [4.78, 5) is 29.2. The summed E-state index contributed by atoms with van der Waals surface area (Å²) in [5, 5.41) is 9.41. The van der Waals surface area contributed by atoms with Crippen molar-refractivity contribution in [2.75, 3.05) is 32.1 Å². The van der Waals surface area contributed by atoms with Crippen LogP contribution in [0.4, 0.5) is 5.69 Å². The Morgan fingerprint density at radius 3 is 2.60 bits per heavy atom. The molecule has 1 N–H and O–H groups in total. The van der Waals surface area contributed by atoms with Crippen LogP contribution in [0.25, 0.3) is 0 Å². The number of carboxylic acid groups (broad SMARTS) is 1. The molecule has 2 aromatic rings. The SMILES string of the molecule is CN(C)c1ccc(C(=O)N2CCC[C@]23CO[C@H]2c4ccccc4O[C@@](C)(CCC(=O)O)[C@@H]2C3)cc1. The molecule has 4 atom stereocenters. The largest absolute Gasteiger partial charge is 0.487 e. The van der Waals surface area contributed by atoms with Crippen LogP contribution in [-0.2, 0) is 9.53 Å². The Balaban J connectivity index is 1.45. The van der Waals surface area contributed by atoms with Crippen molar-refractivity contribution in [3.05, 3.63) is 59.7 Å². The van der Waals surface area contributed by atoms with E-state index < -0.39 is 17.1 Å². The molecule has 3 heterocycles. The quantitative estimate of drug-likeness (QED) is 0.681. The molecule has 0 saturated carbocycles. The number of aliphatic carboxylic acids is 1. The van der Waals surface area contributed by atoms with Crippen LogP contribution >= 0.6 is 0 Å². The molecule has 2 aromatic carbocycles. The van der Waals surface area contributed by atoms with E-state index in [4.69, 9.17) is 9.47 Å². The van der Waals surface area contributed by atoms with Gasteiger partial charge in [0.15, 0.2) is 0 Å². The van der Waals surface area contributed by atoms with Gasteiger partial charge in [-0.2, -0.15) is 0 Å². The van der Waals surface area contributed by atoms with E-state index in [2.05, 4.69) is 0 Å². The molecule has 3 aliphatic rings. The predicted octanol–water partition coefficient (Wildman–Crippen LogP) is 4.52. The zero-order valence-corrected chi connectivity index (χ0v) is 20.7. The maximum absolute atomic E-state index is 13.7. The van der Waals surface area contributed by atoms with E-state index in [1.807, 2.05) is 79.3 Å². The monoisotopic (exact) mass is 478 g/mol. The molecule has 5 rings (SSSR count). The van der Waals surface area contributed by atoms with Crippen molar-refractivity contribution in [2.24, 2.45) is 5.92 Å². The molecule has 1 amide bonds. The van der Waals surface area contributed by atoms with Gasteiger partial charge in [0.05, 0.1) is 18.2 Å². The van der Waals surface area contributed by atoms with Crippen LogP contribution in [0.2, 0.25) is 0 Å². The van der Waals surface area contributed by atoms with Gasteiger partial charge in [0.25, 0.3) is 5.91 Å². The smallest absolute Gasteiger partial charge is 0.303 e. The van der Waals surface area contributed by atoms with Crippen LogP contribution < -0.4 is 9.64 Å². The number of amides is 1. The minimum Gasteiger partial charge on any atom is -0.487 e. The third-order valence-electron chi connectivity index (χ3n) is 8.16. The summed E-state index contributed by atoms with van der Waals surface area (Å²) >= 11 is 0. The molecule has 1 spiro atoms. The maximum atomic E-state index is 13.7. The van der Waals surface area contributed by atoms with Gasteiger partial charge in [0, 0.05) is 49.8 Å². The summed E-state index contributed by atoms with van der Waals surface area (Å²) in [5.74, 6) is -0.109. The topological polar surface area (TPSA) is 79.3 Å². The van der Waals surface area contributed by atoms with Gasteiger partial charge in [-0.3, -0.25) is 9.59 Å². The number of fused-ring (bicyclic) bond motifs is 3. The van der Waals surface area contributed by atoms with Crippen molar-refractivity contribution >= 4 is 17.6 Å². The van der Waals surface area contributed by atoms with Gasteiger partial charge in [-0.25, -0.2) is 0 Å². The van der Waals surface area contributed by atoms with Gasteiger partial charge in [0.2, 0.25) is 0 Å². The van der Waals surface area contributed by atoms with E-state index in [1.165, 1.54) is 0 Å². The second-order valence-corrected chi connectivity index (χ2v) is 10.6. The molecule has 7 nitrogen and oxygen atoms in total. The molecule has 2 fully saturated rings. The van der Waals surface area contributed by atoms with Crippen LogP contribution in [0.5, 0.6) is 5.75 Å². The van der Waals surface area contributed by atoms with Crippen molar-refractivity contribution < 1.29 is 24.2 Å². The number of carbonyl (C=O) groups is 2. The number of likely N-dealkylation sites (tertiary alicyclic amines) is 1. The highest BCUT2D eigenvalue weighted by Gasteiger charge is 2.57. The van der Waals surface area contributed by atoms with E-state index in [1.54, 1.807) is 0 Å². The van der Waals surface area contributed by atoms with Crippen LogP contribution in [0.15, 0.2) is 48.5 Å². The lowest BCUT2D eigenvalue weighted by Gasteiger charge is -2.54. The molecular formula is C28H34N2O5. The molecule has 2 saturated heterocycles. The highest BCUT2D eigenvalue weighted by molar-refractivity contribution is 5.95. The summed E-state index contributed by atoms with van der Waals surface area (Å²) in [6.45, 7) is 3.17. The van der Waals surface area contributed by atoms with Gasteiger partial charge < -0.3 is 24.4 Å². The van der Waals surface area contributed by atoms with Gasteiger partial charge in [-0.1, -0.05) is 18.2 Å². The van der Waals surface area contributed by atoms with Crippen LogP contribution in [0, 0.1) is 5.92 Å². The molecule has 0 aromatic heterocycles. The summed E-state index contributed by atoms with van der Waals surface area (Å²) in [6, 6.07) is 15.6. The molecule has 35 heavy (non-hydrogen) atoms. The number of carboxylic acids is 1. The number of nitrogens with zero attached hydrogens (tertiary/aromatic N) is 2. The third kappa shape index (κ3) is 4.16. The van der Waals surface area contributed by atoms with Gasteiger partial charge in [0.1, 0.15) is 11.4 Å². The Bertz CT molecular complexity index is 1120. The lowest BCUT2D eigenvalue weighted by molar-refractivity contribution is -0.169. The predicted molar refractivity (Wildman–Crippen MR) is 133 cm³/mol. The average molecular weight is 479 g/mol. The minimum atomic E-state index is -0.837. The first-order valence-electron chi connectivity index (χ1n) is 12.4. The first-order valence-corrected chi connectivity index (χ1v) is 12.4. The molecule has 7 heteroatoms. The Labute approximate surface area is 206 Å². The summed E-state index contributed by atoms with van der Waals surface area (Å²) in [6.07, 6.45) is 2.75. The van der Waals surface area contributed by atoms with E-state index in [9.17, 15) is 14.7 Å². The fourth-order valence-electron chi connectivity index (χ4n) is 6.18. The first-order chi connectivity index (χ1) is 16.7. The van der Waals surface area contributed by atoms with Crippen molar-refractivity contribution in [2.45, 2.75) is 56.3 Å². The van der Waals surface area contributed by atoms with Gasteiger partial charge in [-0.05, 0) is 62.9 Å². The molecular weight excluding hydrogens is 444 g/mol. The van der Waals surface area contributed by atoms with E-state index in [0.29, 0.717) is 25.1 Å². The van der Waals surface area contributed by atoms with E-state index in [-0.39, 0.29) is 24.3 Å². The van der Waals surface area contributed by atoms with Crippen molar-refractivity contribution in [3.8, 4) is 5.75 Å². The summed E-state index contributed by atoms with van der Waals surface area (Å²) in [7, 11) is 3.96. The average Bonchev–Trinajstić information content (AvgIpc) is 3.25. The van der Waals surface area contributed by atoms with Gasteiger partial charge in [-0.15, -0.1) is 0 Å². The number of hydrogen-bond donors (Lipinski definition) is 1. The number of ether oxygens (including phenoxy) is 2. The minimum absolute atomic E-state index is 0.0236. The maximum Gasteiger partial charge on any atom is 0.303 e. The normalized spacial score (nSPS) is 29.3. The molecule has 0 aliphatic carbocycles. The highest BCUT2D eigenvalue weighted by atomic mass is 16.5. The number of benzene rings is 2. The van der Waals surface area contributed by atoms with Crippen molar-refractivity contribution in [1.82, 2.24) is 4.90 Å². The third-order valence-corrected chi connectivity index (χ3v) is 8.16. The zero-order chi connectivity index (χ0) is 24.8. The number of carbonyl (C=O) groups excluding carboxylic acids is 1. The summed E-state index contributed by atoms with van der Waals surface area (Å²) in [5.41, 5.74) is 1.62. The van der Waals surface area contributed by atoms with E-state index >= 15 is 0 Å².